The molecule has 0 saturated heterocycles. The van der Waals surface area contributed by atoms with Gasteiger partial charge >= 0.3 is 0 Å². The van der Waals surface area contributed by atoms with E-state index in [4.69, 9.17) is 0 Å². The van der Waals surface area contributed by atoms with Gasteiger partial charge in [0.15, 0.2) is 0 Å². The molecule has 0 unspecified atom stereocenters. The molecule has 0 spiro atoms. The van der Waals surface area contributed by atoms with Crippen molar-refractivity contribution < 1.29 is 0 Å². The number of hydrogen-bond acceptors (Lipinski definition) is 0. The van der Waals surface area contributed by atoms with E-state index in [-0.39, 0.29) is 0 Å². The Morgan fingerprint density at radius 2 is 0.703 bits per heavy atom. The van der Waals surface area contributed by atoms with Gasteiger partial charge in [0.1, 0.15) is 0 Å². The lowest BCUT2D eigenvalue weighted by molar-refractivity contribution is 1.30. The van der Waals surface area contributed by atoms with Crippen LogP contribution in [0.15, 0.2) is 79.9 Å². The molecular formula is C37H54. The molecular weight excluding hydrogens is 444 g/mol. The SMILES string of the molecule is C=C(C)C.C=C(C)c1ccc(C)c(C)c1.C=C(C)c1ccc(C)c(C)c1.CC.Cc1ccc(C)c(C)c1. The van der Waals surface area contributed by atoms with Gasteiger partial charge in [0.25, 0.3) is 0 Å². The van der Waals surface area contributed by atoms with Crippen LogP contribution in [0.1, 0.15) is 91.6 Å². The van der Waals surface area contributed by atoms with Crippen molar-refractivity contribution in [1.29, 1.82) is 0 Å². The maximum atomic E-state index is 3.90. The summed E-state index contributed by atoms with van der Waals surface area (Å²) >= 11 is 0. The quantitative estimate of drug-likeness (QED) is 0.308. The van der Waals surface area contributed by atoms with Crippen molar-refractivity contribution in [1.82, 2.24) is 0 Å². The van der Waals surface area contributed by atoms with Crippen LogP contribution in [-0.4, -0.2) is 0 Å². The summed E-state index contributed by atoms with van der Waals surface area (Å²) in [5.41, 5.74) is 15.4. The molecule has 0 nitrogen and oxygen atoms in total. The van der Waals surface area contributed by atoms with Gasteiger partial charge < -0.3 is 0 Å². The summed E-state index contributed by atoms with van der Waals surface area (Å²) in [5, 5.41) is 0. The molecule has 0 aliphatic carbocycles. The first-order valence-electron chi connectivity index (χ1n) is 13.3. The zero-order valence-electron chi connectivity index (χ0n) is 26.3. The van der Waals surface area contributed by atoms with Gasteiger partial charge in [-0.25, -0.2) is 0 Å². The van der Waals surface area contributed by atoms with E-state index in [0.29, 0.717) is 0 Å². The van der Waals surface area contributed by atoms with E-state index in [1.54, 1.807) is 0 Å². The third-order valence-electron chi connectivity index (χ3n) is 5.66. The van der Waals surface area contributed by atoms with Crippen molar-refractivity contribution in [2.24, 2.45) is 0 Å². The zero-order valence-corrected chi connectivity index (χ0v) is 26.3. The second-order valence-electron chi connectivity index (χ2n) is 9.95. The molecule has 3 aromatic carbocycles. The van der Waals surface area contributed by atoms with Crippen LogP contribution in [0.4, 0.5) is 0 Å². The second kappa shape index (κ2) is 19.1. The number of aryl methyl sites for hydroxylation is 7. The third-order valence-corrected chi connectivity index (χ3v) is 5.66. The lowest BCUT2D eigenvalue weighted by Crippen LogP contribution is -1.83. The van der Waals surface area contributed by atoms with E-state index >= 15 is 0 Å². The van der Waals surface area contributed by atoms with Crippen LogP contribution in [0.5, 0.6) is 0 Å². The maximum Gasteiger partial charge on any atom is -0.0230 e. The van der Waals surface area contributed by atoms with Gasteiger partial charge in [0, 0.05) is 0 Å². The number of benzene rings is 3. The maximum absolute atomic E-state index is 3.90. The average Bonchev–Trinajstić information content (AvgIpc) is 2.81. The minimum Gasteiger partial charge on any atom is -0.100 e. The predicted molar refractivity (Wildman–Crippen MR) is 174 cm³/mol. The number of allylic oxidation sites excluding steroid dienone is 3. The summed E-state index contributed by atoms with van der Waals surface area (Å²) in [7, 11) is 0. The summed E-state index contributed by atoms with van der Waals surface area (Å²) in [5.74, 6) is 0. The highest BCUT2D eigenvalue weighted by molar-refractivity contribution is 5.63. The van der Waals surface area contributed by atoms with Crippen LogP contribution < -0.4 is 0 Å². The second-order valence-corrected chi connectivity index (χ2v) is 9.95. The first-order chi connectivity index (χ1) is 17.1. The van der Waals surface area contributed by atoms with E-state index < -0.39 is 0 Å². The third kappa shape index (κ3) is 16.3. The summed E-state index contributed by atoms with van der Waals surface area (Å²) in [6, 6.07) is 19.4. The largest absolute Gasteiger partial charge is 0.100 e. The molecule has 0 radical (unpaired) electrons. The minimum atomic E-state index is 1.13. The normalized spacial score (nSPS) is 9.00. The molecule has 0 heteroatoms. The van der Waals surface area contributed by atoms with Crippen molar-refractivity contribution in [3.8, 4) is 0 Å². The van der Waals surface area contributed by atoms with Crippen LogP contribution in [0.3, 0.4) is 0 Å². The van der Waals surface area contributed by atoms with Crippen molar-refractivity contribution >= 4 is 11.1 Å². The first kappa shape index (κ1) is 36.0. The molecule has 0 heterocycles. The van der Waals surface area contributed by atoms with Gasteiger partial charge in [-0.15, -0.1) is 6.58 Å². The summed E-state index contributed by atoms with van der Waals surface area (Å²) in [6.45, 7) is 38.2. The van der Waals surface area contributed by atoms with Gasteiger partial charge in [0.2, 0.25) is 0 Å². The zero-order chi connectivity index (χ0) is 29.3. The lowest BCUT2D eigenvalue weighted by atomic mass is 10.0. The van der Waals surface area contributed by atoms with Gasteiger partial charge in [0.05, 0.1) is 0 Å². The van der Waals surface area contributed by atoms with E-state index in [9.17, 15) is 0 Å². The standard InChI is InChI=1S/2C11H14.C9H12.C4H8.C2H6/c2*1-8(2)11-6-5-9(3)10(4)7-11;1-7-4-5-8(2)9(3)6-7;1-4(2)3;1-2/h2*5-7H,1H2,2-4H3;4-6H,1-3H3;1H2,2-3H3;1-2H3. The van der Waals surface area contributed by atoms with Crippen molar-refractivity contribution in [3.63, 3.8) is 0 Å². The summed E-state index contributed by atoms with van der Waals surface area (Å²) < 4.78 is 0. The van der Waals surface area contributed by atoms with Gasteiger partial charge in [-0.1, -0.05) is 104 Å². The van der Waals surface area contributed by atoms with E-state index in [1.807, 2.05) is 41.5 Å². The topological polar surface area (TPSA) is 0 Å². The van der Waals surface area contributed by atoms with Crippen LogP contribution in [0, 0.1) is 48.5 Å². The lowest BCUT2D eigenvalue weighted by Gasteiger charge is -2.03. The molecule has 0 fully saturated rings. The Balaban J connectivity index is 0. The number of hydrogen-bond donors (Lipinski definition) is 0. The molecule has 0 atom stereocenters. The molecule has 3 rings (SSSR count). The predicted octanol–water partition coefficient (Wildman–Crippen LogP) is 11.9. The fourth-order valence-electron chi connectivity index (χ4n) is 2.91. The highest BCUT2D eigenvalue weighted by Crippen LogP contribution is 2.16. The Labute approximate surface area is 230 Å². The Kier molecular flexibility index (Phi) is 18.6. The van der Waals surface area contributed by atoms with E-state index in [1.165, 1.54) is 55.6 Å². The van der Waals surface area contributed by atoms with Crippen molar-refractivity contribution in [2.45, 2.75) is 90.0 Å². The van der Waals surface area contributed by atoms with Crippen LogP contribution in [0.25, 0.3) is 11.1 Å². The summed E-state index contributed by atoms with van der Waals surface area (Å²) in [6.07, 6.45) is 0. The molecule has 0 bridgehead atoms. The fraction of sp³-hybridized carbons (Fsp3) is 0.351. The van der Waals surface area contributed by atoms with Crippen molar-refractivity contribution in [2.75, 3.05) is 0 Å². The highest BCUT2D eigenvalue weighted by atomic mass is 14.0. The first-order valence-corrected chi connectivity index (χ1v) is 13.3. The molecule has 37 heavy (non-hydrogen) atoms. The van der Waals surface area contributed by atoms with Crippen LogP contribution >= 0.6 is 0 Å². The molecule has 0 amide bonds. The van der Waals surface area contributed by atoms with Gasteiger partial charge in [-0.2, -0.15) is 0 Å². The molecule has 0 aliphatic heterocycles. The molecule has 0 aliphatic rings. The van der Waals surface area contributed by atoms with Crippen LogP contribution in [-0.2, 0) is 0 Å². The molecule has 3 aromatic rings. The van der Waals surface area contributed by atoms with E-state index in [0.717, 1.165) is 11.1 Å². The summed E-state index contributed by atoms with van der Waals surface area (Å²) in [4.78, 5) is 0. The average molecular weight is 499 g/mol. The fourth-order valence-corrected chi connectivity index (χ4v) is 2.91. The molecule has 202 valence electrons. The Bertz CT molecular complexity index is 1070. The molecule has 0 N–H and O–H groups in total. The number of rotatable bonds is 2. The Morgan fingerprint density at radius 1 is 0.432 bits per heavy atom. The van der Waals surface area contributed by atoms with Crippen molar-refractivity contribution in [3.05, 3.63) is 130 Å². The smallest absolute Gasteiger partial charge is 0.0230 e. The molecule has 0 aromatic heterocycles. The monoisotopic (exact) mass is 498 g/mol. The highest BCUT2D eigenvalue weighted by Gasteiger charge is 1.96. The molecule has 0 saturated carbocycles. The Morgan fingerprint density at radius 3 is 0.919 bits per heavy atom. The van der Waals surface area contributed by atoms with E-state index in [2.05, 4.69) is 123 Å². The minimum absolute atomic E-state index is 1.13. The Hall–Kier alpha value is -3.12. The van der Waals surface area contributed by atoms with Gasteiger partial charge in [-0.3, -0.25) is 0 Å². The van der Waals surface area contributed by atoms with Gasteiger partial charge in [-0.05, 0) is 121 Å². The van der Waals surface area contributed by atoms with Crippen LogP contribution in [0.2, 0.25) is 0 Å².